The van der Waals surface area contributed by atoms with Crippen LogP contribution in [0.4, 0.5) is 4.79 Å². The second-order valence-corrected chi connectivity index (χ2v) is 6.34. The van der Waals surface area contributed by atoms with Crippen molar-refractivity contribution in [3.05, 3.63) is 39.8 Å². The van der Waals surface area contributed by atoms with Crippen LogP contribution in [0.25, 0.3) is 5.57 Å². The fraction of sp³-hybridized carbons (Fsp3) is 0.438. The summed E-state index contributed by atoms with van der Waals surface area (Å²) >= 11 is 0. The second kappa shape index (κ2) is 6.28. The Hall–Kier alpha value is -2.57. The molecular formula is C16H20N2O5. The molecule has 1 amide bonds. The number of nitrogens with one attached hydrogen (secondary N) is 1. The van der Waals surface area contributed by atoms with Crippen LogP contribution in [0, 0.1) is 0 Å². The van der Waals surface area contributed by atoms with Crippen molar-refractivity contribution in [2.24, 2.45) is 0 Å². The van der Waals surface area contributed by atoms with E-state index in [0.717, 1.165) is 5.57 Å². The normalized spacial score (nSPS) is 15.1. The molecule has 1 aliphatic rings. The fourth-order valence-corrected chi connectivity index (χ4v) is 2.25. The number of rotatable bonds is 2. The highest BCUT2D eigenvalue weighted by molar-refractivity contribution is 5.88. The van der Waals surface area contributed by atoms with E-state index in [9.17, 15) is 14.4 Å². The van der Waals surface area contributed by atoms with Gasteiger partial charge in [-0.15, -0.1) is 0 Å². The number of carboxylic acids is 1. The largest absolute Gasteiger partial charge is 0.477 e. The van der Waals surface area contributed by atoms with Gasteiger partial charge in [0, 0.05) is 19.3 Å². The minimum absolute atomic E-state index is 0.294. The third kappa shape index (κ3) is 4.21. The Bertz CT molecular complexity index is 712. The molecule has 1 aromatic rings. The number of carboxylic acid groups (broad SMARTS) is 1. The first-order valence-corrected chi connectivity index (χ1v) is 7.31. The van der Waals surface area contributed by atoms with Crippen LogP contribution >= 0.6 is 0 Å². The number of amides is 1. The van der Waals surface area contributed by atoms with Gasteiger partial charge in [0.05, 0.1) is 0 Å². The number of nitrogens with zero attached hydrogens (tertiary/aromatic N) is 1. The summed E-state index contributed by atoms with van der Waals surface area (Å²) in [6.45, 7) is 6.28. The zero-order chi connectivity index (χ0) is 17.2. The topological polar surface area (TPSA) is 99.7 Å². The third-order valence-electron chi connectivity index (χ3n) is 3.37. The molecule has 0 fully saturated rings. The van der Waals surface area contributed by atoms with Crippen LogP contribution in [0.1, 0.15) is 43.1 Å². The van der Waals surface area contributed by atoms with Gasteiger partial charge >= 0.3 is 12.1 Å². The maximum Gasteiger partial charge on any atom is 0.410 e. The summed E-state index contributed by atoms with van der Waals surface area (Å²) in [5.74, 6) is -1.26. The van der Waals surface area contributed by atoms with Crippen molar-refractivity contribution >= 4 is 17.6 Å². The van der Waals surface area contributed by atoms with E-state index in [1.165, 1.54) is 12.3 Å². The third-order valence-corrected chi connectivity index (χ3v) is 3.37. The maximum absolute atomic E-state index is 12.0. The summed E-state index contributed by atoms with van der Waals surface area (Å²) in [7, 11) is 0. The van der Waals surface area contributed by atoms with Crippen LogP contribution in [0.3, 0.4) is 0 Å². The minimum Gasteiger partial charge on any atom is -0.477 e. The van der Waals surface area contributed by atoms with Crippen molar-refractivity contribution in [1.29, 1.82) is 0 Å². The summed E-state index contributed by atoms with van der Waals surface area (Å²) in [6, 6.07) is 1.36. The molecule has 124 valence electrons. The number of aromatic carboxylic acids is 1. The van der Waals surface area contributed by atoms with E-state index in [0.29, 0.717) is 25.1 Å². The Kier molecular flexibility index (Phi) is 4.58. The SMILES string of the molecule is CC(C)(C)OC(=O)N1CC=C(c2c[nH]c(=O)c(C(=O)O)c2)CC1. The van der Waals surface area contributed by atoms with Gasteiger partial charge in [-0.05, 0) is 44.4 Å². The number of aromatic amines is 1. The van der Waals surface area contributed by atoms with Gasteiger partial charge in [-0.1, -0.05) is 6.08 Å². The van der Waals surface area contributed by atoms with Crippen LogP contribution in [0.15, 0.2) is 23.1 Å². The average Bonchev–Trinajstić information content (AvgIpc) is 2.46. The van der Waals surface area contributed by atoms with E-state index >= 15 is 0 Å². The highest BCUT2D eigenvalue weighted by Crippen LogP contribution is 2.23. The number of carbonyl (C=O) groups excluding carboxylic acids is 1. The van der Waals surface area contributed by atoms with Crippen molar-refractivity contribution in [1.82, 2.24) is 9.88 Å². The molecular weight excluding hydrogens is 300 g/mol. The molecule has 0 spiro atoms. The van der Waals surface area contributed by atoms with Gasteiger partial charge in [0.1, 0.15) is 11.2 Å². The number of ether oxygens (including phenoxy) is 1. The number of pyridine rings is 1. The monoisotopic (exact) mass is 320 g/mol. The quantitative estimate of drug-likeness (QED) is 0.869. The van der Waals surface area contributed by atoms with E-state index in [-0.39, 0.29) is 11.7 Å². The Labute approximate surface area is 133 Å². The first kappa shape index (κ1) is 16.8. The average molecular weight is 320 g/mol. The molecule has 0 radical (unpaired) electrons. The molecule has 0 unspecified atom stereocenters. The molecule has 1 aromatic heterocycles. The lowest BCUT2D eigenvalue weighted by Gasteiger charge is -2.29. The number of carbonyl (C=O) groups is 2. The van der Waals surface area contributed by atoms with Gasteiger partial charge in [0.15, 0.2) is 0 Å². The van der Waals surface area contributed by atoms with Crippen LogP contribution in [0.2, 0.25) is 0 Å². The first-order valence-electron chi connectivity index (χ1n) is 7.31. The highest BCUT2D eigenvalue weighted by Gasteiger charge is 2.24. The van der Waals surface area contributed by atoms with E-state index in [1.54, 1.807) is 4.90 Å². The summed E-state index contributed by atoms with van der Waals surface area (Å²) in [6.07, 6.45) is 3.52. The Morgan fingerprint density at radius 2 is 2.04 bits per heavy atom. The van der Waals surface area contributed by atoms with Crippen molar-refractivity contribution in [3.8, 4) is 0 Å². The molecule has 0 aromatic carbocycles. The lowest BCUT2D eigenvalue weighted by atomic mass is 10.00. The Morgan fingerprint density at radius 3 is 2.57 bits per heavy atom. The van der Waals surface area contributed by atoms with Crippen molar-refractivity contribution < 1.29 is 19.4 Å². The predicted molar refractivity (Wildman–Crippen MR) is 84.4 cm³/mol. The minimum atomic E-state index is -1.26. The molecule has 0 aliphatic carbocycles. The van der Waals surface area contributed by atoms with E-state index in [1.807, 2.05) is 26.8 Å². The zero-order valence-corrected chi connectivity index (χ0v) is 13.4. The van der Waals surface area contributed by atoms with E-state index in [4.69, 9.17) is 9.84 Å². The Morgan fingerprint density at radius 1 is 1.35 bits per heavy atom. The second-order valence-electron chi connectivity index (χ2n) is 6.34. The lowest BCUT2D eigenvalue weighted by Crippen LogP contribution is -2.39. The number of aromatic nitrogens is 1. The van der Waals surface area contributed by atoms with Crippen molar-refractivity contribution in [2.45, 2.75) is 32.8 Å². The zero-order valence-electron chi connectivity index (χ0n) is 13.4. The number of H-pyrrole nitrogens is 1. The molecule has 0 bridgehead atoms. The smallest absolute Gasteiger partial charge is 0.410 e. The standard InChI is InChI=1S/C16H20N2O5/c1-16(2,3)23-15(22)18-6-4-10(5-7-18)11-8-12(14(20)21)13(19)17-9-11/h4,8-9H,5-7H2,1-3H3,(H,17,19)(H,20,21). The molecule has 7 heteroatoms. The van der Waals surface area contributed by atoms with Gasteiger partial charge in [-0.2, -0.15) is 0 Å². The van der Waals surface area contributed by atoms with Crippen LogP contribution in [-0.2, 0) is 4.74 Å². The van der Waals surface area contributed by atoms with Gasteiger partial charge in [0.25, 0.3) is 5.56 Å². The van der Waals surface area contributed by atoms with Gasteiger partial charge in [0.2, 0.25) is 0 Å². The maximum atomic E-state index is 12.0. The Balaban J connectivity index is 2.13. The molecule has 7 nitrogen and oxygen atoms in total. The molecule has 2 rings (SSSR count). The summed E-state index contributed by atoms with van der Waals surface area (Å²) in [5, 5.41) is 9.00. The molecule has 0 atom stereocenters. The summed E-state index contributed by atoms with van der Waals surface area (Å²) in [5.41, 5.74) is 0.0662. The van der Waals surface area contributed by atoms with E-state index < -0.39 is 17.1 Å². The summed E-state index contributed by atoms with van der Waals surface area (Å²) in [4.78, 5) is 38.5. The lowest BCUT2D eigenvalue weighted by molar-refractivity contribution is 0.0270. The molecule has 1 aliphatic heterocycles. The molecule has 2 N–H and O–H groups in total. The molecule has 23 heavy (non-hydrogen) atoms. The number of hydrogen-bond acceptors (Lipinski definition) is 4. The van der Waals surface area contributed by atoms with Crippen LogP contribution in [0.5, 0.6) is 0 Å². The fourth-order valence-electron chi connectivity index (χ4n) is 2.25. The molecule has 0 saturated carbocycles. The predicted octanol–water partition coefficient (Wildman–Crippen LogP) is 2.10. The van der Waals surface area contributed by atoms with Crippen LogP contribution in [-0.4, -0.2) is 45.7 Å². The van der Waals surface area contributed by atoms with Crippen molar-refractivity contribution in [2.75, 3.05) is 13.1 Å². The van der Waals surface area contributed by atoms with Crippen LogP contribution < -0.4 is 5.56 Å². The molecule has 0 saturated heterocycles. The van der Waals surface area contributed by atoms with Gasteiger partial charge in [-0.25, -0.2) is 9.59 Å². The van der Waals surface area contributed by atoms with Gasteiger partial charge in [-0.3, -0.25) is 4.79 Å². The first-order chi connectivity index (χ1) is 10.7. The van der Waals surface area contributed by atoms with Gasteiger partial charge < -0.3 is 19.7 Å². The molecule has 2 heterocycles. The van der Waals surface area contributed by atoms with Crippen molar-refractivity contribution in [3.63, 3.8) is 0 Å². The highest BCUT2D eigenvalue weighted by atomic mass is 16.6. The summed E-state index contributed by atoms with van der Waals surface area (Å²) < 4.78 is 5.32. The number of hydrogen-bond donors (Lipinski definition) is 2. The van der Waals surface area contributed by atoms with E-state index in [2.05, 4.69) is 4.98 Å².